The number of aryl methyl sites for hydroxylation is 1. The highest BCUT2D eigenvalue weighted by Gasteiger charge is 2.12. The Morgan fingerprint density at radius 1 is 1.44 bits per heavy atom. The minimum Gasteiger partial charge on any atom is -0.481 e. The lowest BCUT2D eigenvalue weighted by molar-refractivity contribution is -0.137. The van der Waals surface area contributed by atoms with Gasteiger partial charge in [0.05, 0.1) is 0 Å². The molecule has 1 heterocycles. The summed E-state index contributed by atoms with van der Waals surface area (Å²) >= 11 is 0. The van der Waals surface area contributed by atoms with Crippen LogP contribution in [0, 0.1) is 0 Å². The van der Waals surface area contributed by atoms with Gasteiger partial charge in [0.25, 0.3) is 0 Å². The Labute approximate surface area is 95.5 Å². The SMILES string of the molecule is O=C(O)CCCc1cccc2c1CCNC2. The summed E-state index contributed by atoms with van der Waals surface area (Å²) in [5, 5.41) is 12.0. The van der Waals surface area contributed by atoms with Crippen molar-refractivity contribution < 1.29 is 9.90 Å². The maximum atomic E-state index is 10.5. The van der Waals surface area contributed by atoms with Gasteiger partial charge >= 0.3 is 5.97 Å². The Balaban J connectivity index is 2.05. The molecule has 0 unspecified atom stereocenters. The van der Waals surface area contributed by atoms with Crippen LogP contribution in [0.15, 0.2) is 18.2 Å². The largest absolute Gasteiger partial charge is 0.481 e. The van der Waals surface area contributed by atoms with Crippen molar-refractivity contribution in [2.45, 2.75) is 32.2 Å². The van der Waals surface area contributed by atoms with E-state index in [0.717, 1.165) is 32.4 Å². The number of hydrogen-bond acceptors (Lipinski definition) is 2. The summed E-state index contributed by atoms with van der Waals surface area (Å²) in [7, 11) is 0. The van der Waals surface area contributed by atoms with Gasteiger partial charge in [-0.1, -0.05) is 18.2 Å². The lowest BCUT2D eigenvalue weighted by Gasteiger charge is -2.20. The first kappa shape index (κ1) is 11.1. The molecular formula is C13H17NO2. The van der Waals surface area contributed by atoms with Crippen molar-refractivity contribution in [3.8, 4) is 0 Å². The number of carboxylic acids is 1. The van der Waals surface area contributed by atoms with Crippen LogP contribution in [0.25, 0.3) is 0 Å². The number of fused-ring (bicyclic) bond motifs is 1. The molecule has 0 bridgehead atoms. The smallest absolute Gasteiger partial charge is 0.303 e. The fourth-order valence-electron chi connectivity index (χ4n) is 2.28. The minimum atomic E-state index is -0.702. The van der Waals surface area contributed by atoms with Crippen LogP contribution in [0.5, 0.6) is 0 Å². The Morgan fingerprint density at radius 3 is 3.12 bits per heavy atom. The van der Waals surface area contributed by atoms with E-state index in [4.69, 9.17) is 5.11 Å². The molecule has 1 aromatic rings. The van der Waals surface area contributed by atoms with Gasteiger partial charge in [-0.3, -0.25) is 4.79 Å². The Bertz CT molecular complexity index is 388. The maximum Gasteiger partial charge on any atom is 0.303 e. The molecule has 2 N–H and O–H groups in total. The van der Waals surface area contributed by atoms with Gasteiger partial charge in [0.15, 0.2) is 0 Å². The second-order valence-electron chi connectivity index (χ2n) is 4.23. The zero-order valence-corrected chi connectivity index (χ0v) is 9.33. The van der Waals surface area contributed by atoms with E-state index in [9.17, 15) is 4.79 Å². The molecule has 0 saturated carbocycles. The number of carbonyl (C=O) groups is 1. The van der Waals surface area contributed by atoms with E-state index in [2.05, 4.69) is 23.5 Å². The number of carboxylic acid groups (broad SMARTS) is 1. The molecule has 1 aliphatic heterocycles. The summed E-state index contributed by atoms with van der Waals surface area (Å²) in [5.74, 6) is -0.702. The molecule has 1 aromatic carbocycles. The zero-order valence-electron chi connectivity index (χ0n) is 9.33. The van der Waals surface area contributed by atoms with Crippen LogP contribution in [0.3, 0.4) is 0 Å². The van der Waals surface area contributed by atoms with Crippen LogP contribution in [0.2, 0.25) is 0 Å². The lowest BCUT2D eigenvalue weighted by atomic mass is 9.93. The molecule has 1 aliphatic rings. The summed E-state index contributed by atoms with van der Waals surface area (Å²) in [6.07, 6.45) is 2.95. The van der Waals surface area contributed by atoms with E-state index in [0.29, 0.717) is 0 Å². The number of nitrogens with one attached hydrogen (secondary N) is 1. The quantitative estimate of drug-likeness (QED) is 0.811. The van der Waals surface area contributed by atoms with Gasteiger partial charge in [-0.05, 0) is 42.5 Å². The van der Waals surface area contributed by atoms with E-state index < -0.39 is 5.97 Å². The number of hydrogen-bond donors (Lipinski definition) is 2. The van der Waals surface area contributed by atoms with E-state index in [-0.39, 0.29) is 6.42 Å². The zero-order chi connectivity index (χ0) is 11.4. The minimum absolute atomic E-state index is 0.266. The third-order valence-corrected chi connectivity index (χ3v) is 3.07. The summed E-state index contributed by atoms with van der Waals surface area (Å²) in [5.41, 5.74) is 4.14. The fourth-order valence-corrected chi connectivity index (χ4v) is 2.28. The van der Waals surface area contributed by atoms with E-state index in [1.807, 2.05) is 0 Å². The monoisotopic (exact) mass is 219 g/mol. The van der Waals surface area contributed by atoms with Crippen molar-refractivity contribution in [3.63, 3.8) is 0 Å². The van der Waals surface area contributed by atoms with Crippen molar-refractivity contribution in [2.24, 2.45) is 0 Å². The second kappa shape index (κ2) is 5.12. The van der Waals surface area contributed by atoms with Crippen molar-refractivity contribution in [1.29, 1.82) is 0 Å². The summed E-state index contributed by atoms with van der Waals surface area (Å²) in [6.45, 7) is 1.98. The van der Waals surface area contributed by atoms with Crippen molar-refractivity contribution in [2.75, 3.05) is 6.54 Å². The molecule has 16 heavy (non-hydrogen) atoms. The number of aliphatic carboxylic acids is 1. The molecule has 86 valence electrons. The third kappa shape index (κ3) is 2.61. The second-order valence-corrected chi connectivity index (χ2v) is 4.23. The van der Waals surface area contributed by atoms with Crippen LogP contribution < -0.4 is 5.32 Å². The summed E-state index contributed by atoms with van der Waals surface area (Å²) in [4.78, 5) is 10.5. The molecular weight excluding hydrogens is 202 g/mol. The molecule has 0 saturated heterocycles. The highest BCUT2D eigenvalue weighted by molar-refractivity contribution is 5.66. The Morgan fingerprint density at radius 2 is 2.31 bits per heavy atom. The third-order valence-electron chi connectivity index (χ3n) is 3.07. The molecule has 0 spiro atoms. The predicted molar refractivity (Wildman–Crippen MR) is 62.4 cm³/mol. The highest BCUT2D eigenvalue weighted by Crippen LogP contribution is 2.20. The average molecular weight is 219 g/mol. The number of rotatable bonds is 4. The molecule has 0 radical (unpaired) electrons. The van der Waals surface area contributed by atoms with Gasteiger partial charge in [0.2, 0.25) is 0 Å². The standard InChI is InChI=1S/C13H17NO2/c15-13(16)6-2-4-10-3-1-5-11-9-14-8-7-12(10)11/h1,3,5,14H,2,4,6-9H2,(H,15,16). The summed E-state index contributed by atoms with van der Waals surface area (Å²) in [6, 6.07) is 6.36. The van der Waals surface area contributed by atoms with Crippen LogP contribution >= 0.6 is 0 Å². The van der Waals surface area contributed by atoms with Crippen molar-refractivity contribution in [3.05, 3.63) is 34.9 Å². The predicted octanol–water partition coefficient (Wildman–Crippen LogP) is 1.74. The molecule has 0 amide bonds. The lowest BCUT2D eigenvalue weighted by Crippen LogP contribution is -2.24. The van der Waals surface area contributed by atoms with Crippen LogP contribution in [0.1, 0.15) is 29.5 Å². The van der Waals surface area contributed by atoms with Gasteiger partial charge in [-0.25, -0.2) is 0 Å². The van der Waals surface area contributed by atoms with Crippen LogP contribution in [-0.2, 0) is 24.2 Å². The molecule has 0 aromatic heterocycles. The highest BCUT2D eigenvalue weighted by atomic mass is 16.4. The molecule has 2 rings (SSSR count). The van der Waals surface area contributed by atoms with E-state index in [1.165, 1.54) is 16.7 Å². The molecule has 3 nitrogen and oxygen atoms in total. The average Bonchev–Trinajstić information content (AvgIpc) is 2.29. The van der Waals surface area contributed by atoms with Gasteiger partial charge in [-0.15, -0.1) is 0 Å². The summed E-state index contributed by atoms with van der Waals surface area (Å²) < 4.78 is 0. The maximum absolute atomic E-state index is 10.5. The molecule has 0 fully saturated rings. The van der Waals surface area contributed by atoms with Gasteiger partial charge in [0, 0.05) is 13.0 Å². The van der Waals surface area contributed by atoms with Crippen LogP contribution in [0.4, 0.5) is 0 Å². The van der Waals surface area contributed by atoms with Crippen molar-refractivity contribution in [1.82, 2.24) is 5.32 Å². The van der Waals surface area contributed by atoms with Gasteiger partial charge < -0.3 is 10.4 Å². The van der Waals surface area contributed by atoms with Crippen molar-refractivity contribution >= 4 is 5.97 Å². The molecule has 0 atom stereocenters. The molecule has 0 aliphatic carbocycles. The number of benzene rings is 1. The van der Waals surface area contributed by atoms with E-state index in [1.54, 1.807) is 0 Å². The fraction of sp³-hybridized carbons (Fsp3) is 0.462. The first-order chi connectivity index (χ1) is 7.77. The Kier molecular flexibility index (Phi) is 3.57. The van der Waals surface area contributed by atoms with Crippen LogP contribution in [-0.4, -0.2) is 17.6 Å². The topological polar surface area (TPSA) is 49.3 Å². The van der Waals surface area contributed by atoms with Gasteiger partial charge in [0.1, 0.15) is 0 Å². The van der Waals surface area contributed by atoms with E-state index >= 15 is 0 Å². The Hall–Kier alpha value is -1.35. The molecule has 3 heteroatoms. The first-order valence-corrected chi connectivity index (χ1v) is 5.79. The first-order valence-electron chi connectivity index (χ1n) is 5.79. The van der Waals surface area contributed by atoms with Gasteiger partial charge in [-0.2, -0.15) is 0 Å². The normalized spacial score (nSPS) is 14.5.